The molecule has 1 heterocycles. The van der Waals surface area contributed by atoms with Crippen molar-refractivity contribution in [2.75, 3.05) is 25.1 Å². The minimum atomic E-state index is -1.86. The first-order valence-electron chi connectivity index (χ1n) is 27.7. The second kappa shape index (κ2) is 38.7. The molecule has 0 fully saturated rings. The molecule has 0 spiro atoms. The Kier molecular flexibility index (Phi) is 34.5. The molecule has 464 valence electrons. The van der Waals surface area contributed by atoms with Crippen LogP contribution in [0.2, 0.25) is 0 Å². The van der Waals surface area contributed by atoms with Gasteiger partial charge in [0.05, 0.1) is 25.2 Å². The molecule has 0 saturated carbocycles. The number of imidazole rings is 1. The van der Waals surface area contributed by atoms with Crippen LogP contribution in [0.1, 0.15) is 131 Å². The van der Waals surface area contributed by atoms with Crippen LogP contribution in [-0.4, -0.2) is 182 Å². The summed E-state index contributed by atoms with van der Waals surface area (Å²) in [6, 6.07) is -14.3. The molecule has 82 heavy (non-hydrogen) atoms. The van der Waals surface area contributed by atoms with Gasteiger partial charge in [0, 0.05) is 18.3 Å². The summed E-state index contributed by atoms with van der Waals surface area (Å²) >= 11 is 1.39. The minimum Gasteiger partial charge on any atom is -0.481 e. The van der Waals surface area contributed by atoms with Crippen molar-refractivity contribution in [3.8, 4) is 0 Å². The van der Waals surface area contributed by atoms with Gasteiger partial charge in [-0.05, 0) is 101 Å². The van der Waals surface area contributed by atoms with Crippen molar-refractivity contribution in [2.24, 2.45) is 35.0 Å². The van der Waals surface area contributed by atoms with Crippen molar-refractivity contribution < 1.29 is 72.9 Å². The highest BCUT2D eigenvalue weighted by atomic mass is 32.2. The van der Waals surface area contributed by atoms with E-state index in [1.807, 2.05) is 0 Å². The SMILES string of the molecule is CC[C@H](C)[C@H](NC(=O)[C@H](CC(=O)O)NC(=O)[C@@H](NC(=O)[C@H](CCCCN)NC(=O)[C@H](CCCCN)NC(=O)[C@H](CC(=O)O)NC(=O)[C@H](Cc1cnc[nH]1)NC(=O)[C@H](CCSC)NC(=O)[C@H](C)N)[C@@H](C)CC)C(=O)N[C@@H](CC(C)C)C(=O)O. The number of nitrogens with one attached hydrogen (secondary N) is 10. The highest BCUT2D eigenvalue weighted by Crippen LogP contribution is 2.15. The van der Waals surface area contributed by atoms with E-state index >= 15 is 0 Å². The Morgan fingerprint density at radius 1 is 0.524 bits per heavy atom. The zero-order chi connectivity index (χ0) is 62.2. The fraction of sp³-hybridized carbons (Fsp3) is 0.712. The standard InChI is InChI=1S/C52H90N14O15S/c1-9-28(5)41(50(78)63-37(24-40(69)70)49(77)66-42(29(6)10-2)51(79)64-38(52(80)81)21-27(3)4)65-46(74)33(16-12-14-19-54)59-44(72)32(15-11-13-18-53)60-48(76)36(23-39(67)68)62-47(75)35(22-31-25-56-26-57-31)61-45(73)34(17-20-82-8)58-43(71)30(7)55/h25-30,32-38,41-42H,9-24,53-55H2,1-8H3,(H,56,57)(H,58,71)(H,59,72)(H,60,76)(H,61,73)(H,62,75)(H,63,78)(H,64,79)(H,65,74)(H,66,77)(H,67,68)(H,69,70)(H,80,81)/t28-,29-,30-,32-,33-,34-,35-,36-,37-,38-,41-,42-/m0/s1. The van der Waals surface area contributed by atoms with Crippen LogP contribution in [0.15, 0.2) is 12.5 Å². The Morgan fingerprint density at radius 2 is 0.902 bits per heavy atom. The molecule has 0 aromatic carbocycles. The molecule has 1 rings (SSSR count). The molecular weight excluding hydrogens is 1090 g/mol. The van der Waals surface area contributed by atoms with E-state index in [-0.39, 0.29) is 70.4 Å². The van der Waals surface area contributed by atoms with Gasteiger partial charge in [-0.25, -0.2) is 9.78 Å². The minimum absolute atomic E-state index is 0.0652. The Balaban J connectivity index is 3.61. The molecule has 19 N–H and O–H groups in total. The third-order valence-electron chi connectivity index (χ3n) is 13.4. The van der Waals surface area contributed by atoms with Crippen LogP contribution < -0.4 is 65.1 Å². The number of carbonyl (C=O) groups is 12. The van der Waals surface area contributed by atoms with Gasteiger partial charge in [0.1, 0.15) is 54.4 Å². The average Bonchev–Trinajstić information content (AvgIpc) is 3.93. The molecule has 0 unspecified atom stereocenters. The number of thioether (sulfide) groups is 1. The molecule has 0 bridgehead atoms. The lowest BCUT2D eigenvalue weighted by Gasteiger charge is -2.30. The van der Waals surface area contributed by atoms with E-state index in [4.69, 9.17) is 17.2 Å². The van der Waals surface area contributed by atoms with Crippen LogP contribution >= 0.6 is 11.8 Å². The first kappa shape index (κ1) is 73.1. The number of H-pyrrole nitrogens is 1. The third kappa shape index (κ3) is 27.2. The van der Waals surface area contributed by atoms with Crippen molar-refractivity contribution in [1.82, 2.24) is 57.8 Å². The summed E-state index contributed by atoms with van der Waals surface area (Å²) in [7, 11) is 0. The van der Waals surface area contributed by atoms with Crippen molar-refractivity contribution >= 4 is 82.8 Å². The number of nitrogens with two attached hydrogens (primary N) is 3. The second-order valence-electron chi connectivity index (χ2n) is 20.8. The van der Waals surface area contributed by atoms with Crippen LogP contribution in [0, 0.1) is 17.8 Å². The predicted molar refractivity (Wildman–Crippen MR) is 303 cm³/mol. The van der Waals surface area contributed by atoms with Crippen molar-refractivity contribution in [3.63, 3.8) is 0 Å². The van der Waals surface area contributed by atoms with E-state index in [0.29, 0.717) is 30.7 Å². The molecule has 1 aromatic heterocycles. The molecule has 1 aromatic rings. The van der Waals surface area contributed by atoms with Gasteiger partial charge in [0.15, 0.2) is 0 Å². The number of carboxylic acid groups (broad SMARTS) is 3. The number of hydrogen-bond acceptors (Lipinski definition) is 17. The fourth-order valence-electron chi connectivity index (χ4n) is 8.14. The number of unbranched alkanes of at least 4 members (excludes halogenated alkanes) is 2. The van der Waals surface area contributed by atoms with Gasteiger partial charge in [-0.3, -0.25) is 52.7 Å². The van der Waals surface area contributed by atoms with E-state index in [1.54, 1.807) is 47.8 Å². The van der Waals surface area contributed by atoms with Gasteiger partial charge in [-0.1, -0.05) is 54.4 Å². The molecule has 0 saturated heterocycles. The molecule has 12 atom stereocenters. The highest BCUT2D eigenvalue weighted by molar-refractivity contribution is 7.98. The zero-order valence-corrected chi connectivity index (χ0v) is 49.1. The number of carbonyl (C=O) groups excluding carboxylic acids is 9. The first-order valence-corrected chi connectivity index (χ1v) is 29.1. The predicted octanol–water partition coefficient (Wildman–Crippen LogP) is -2.15. The monoisotopic (exact) mass is 1180 g/mol. The van der Waals surface area contributed by atoms with Gasteiger partial charge < -0.3 is 85.4 Å². The zero-order valence-electron chi connectivity index (χ0n) is 48.3. The first-order chi connectivity index (χ1) is 38.6. The summed E-state index contributed by atoms with van der Waals surface area (Å²) < 4.78 is 0. The van der Waals surface area contributed by atoms with Gasteiger partial charge in [-0.15, -0.1) is 0 Å². The highest BCUT2D eigenvalue weighted by Gasteiger charge is 2.38. The largest absolute Gasteiger partial charge is 0.481 e. The van der Waals surface area contributed by atoms with Gasteiger partial charge in [0.25, 0.3) is 0 Å². The third-order valence-corrected chi connectivity index (χ3v) is 14.0. The van der Waals surface area contributed by atoms with Crippen LogP contribution in [-0.2, 0) is 64.0 Å². The van der Waals surface area contributed by atoms with Crippen LogP contribution in [0.25, 0.3) is 0 Å². The number of rotatable bonds is 42. The average molecular weight is 1180 g/mol. The number of amides is 9. The number of nitrogens with zero attached hydrogens (tertiary/aromatic N) is 1. The fourth-order valence-corrected chi connectivity index (χ4v) is 8.61. The number of hydrogen-bond donors (Lipinski definition) is 16. The summed E-state index contributed by atoms with van der Waals surface area (Å²) in [6.07, 6.45) is 4.10. The van der Waals surface area contributed by atoms with E-state index < -0.39 is 156 Å². The second-order valence-corrected chi connectivity index (χ2v) is 21.7. The molecule has 0 radical (unpaired) electrons. The Hall–Kier alpha value is -6.92. The van der Waals surface area contributed by atoms with Gasteiger partial charge >= 0.3 is 17.9 Å². The van der Waals surface area contributed by atoms with Crippen LogP contribution in [0.5, 0.6) is 0 Å². The van der Waals surface area contributed by atoms with Gasteiger partial charge in [0.2, 0.25) is 53.2 Å². The van der Waals surface area contributed by atoms with E-state index in [1.165, 1.54) is 31.2 Å². The summed E-state index contributed by atoms with van der Waals surface area (Å²) in [5, 5.41) is 52.1. The summed E-state index contributed by atoms with van der Waals surface area (Å²) in [6.45, 7) is 11.9. The van der Waals surface area contributed by atoms with E-state index in [2.05, 4.69) is 57.8 Å². The normalized spacial score (nSPS) is 15.6. The summed E-state index contributed by atoms with van der Waals surface area (Å²) in [4.78, 5) is 168. The molecular formula is C52H90N14O15S. The molecule has 0 aliphatic rings. The molecule has 9 amide bonds. The summed E-state index contributed by atoms with van der Waals surface area (Å²) in [5.41, 5.74) is 17.6. The van der Waals surface area contributed by atoms with Gasteiger partial charge in [-0.2, -0.15) is 11.8 Å². The van der Waals surface area contributed by atoms with Crippen molar-refractivity contribution in [2.45, 2.75) is 192 Å². The van der Waals surface area contributed by atoms with E-state index in [0.717, 1.165) is 0 Å². The number of aromatic amines is 1. The maximum atomic E-state index is 14.3. The molecule has 30 heteroatoms. The summed E-state index contributed by atoms with van der Waals surface area (Å²) in [5.74, 6) is -13.7. The maximum Gasteiger partial charge on any atom is 0.326 e. The number of aromatic nitrogens is 2. The number of aliphatic carboxylic acids is 3. The van der Waals surface area contributed by atoms with Crippen LogP contribution in [0.4, 0.5) is 0 Å². The van der Waals surface area contributed by atoms with Crippen LogP contribution in [0.3, 0.4) is 0 Å². The lowest BCUT2D eigenvalue weighted by molar-refractivity contribution is -0.144. The van der Waals surface area contributed by atoms with Crippen molar-refractivity contribution in [3.05, 3.63) is 18.2 Å². The number of carboxylic acids is 3. The smallest absolute Gasteiger partial charge is 0.326 e. The molecule has 0 aliphatic carbocycles. The Bertz CT molecular complexity index is 2260. The Labute approximate surface area is 482 Å². The van der Waals surface area contributed by atoms with E-state index in [9.17, 15) is 72.9 Å². The maximum absolute atomic E-state index is 14.3. The lowest BCUT2D eigenvalue weighted by Crippen LogP contribution is -2.62. The lowest BCUT2D eigenvalue weighted by atomic mass is 9.95. The topological polar surface area (TPSA) is 481 Å². The quantitative estimate of drug-likeness (QED) is 0.0310. The molecule has 0 aliphatic heterocycles. The Morgan fingerprint density at radius 3 is 1.29 bits per heavy atom. The van der Waals surface area contributed by atoms with Crippen molar-refractivity contribution in [1.29, 1.82) is 0 Å². The molecule has 29 nitrogen and oxygen atoms in total.